The summed E-state index contributed by atoms with van der Waals surface area (Å²) in [5.74, 6) is 0.132. The largest absolute Gasteiger partial charge is 0.363 e. The number of carbonyl (C=O) groups is 1. The van der Waals surface area contributed by atoms with E-state index in [-0.39, 0.29) is 11.9 Å². The van der Waals surface area contributed by atoms with Gasteiger partial charge in [0.15, 0.2) is 0 Å². The minimum atomic E-state index is -0.168. The third kappa shape index (κ3) is 3.66. The molecule has 3 nitrogen and oxygen atoms in total. The van der Waals surface area contributed by atoms with Crippen LogP contribution in [0.3, 0.4) is 0 Å². The van der Waals surface area contributed by atoms with E-state index in [1.165, 1.54) is 30.0 Å². The second kappa shape index (κ2) is 7.03. The lowest BCUT2D eigenvalue weighted by atomic mass is 9.95. The summed E-state index contributed by atoms with van der Waals surface area (Å²) in [5, 5.41) is 5.66. The topological polar surface area (TPSA) is 32.3 Å². The molecule has 23 heavy (non-hydrogen) atoms. The first-order chi connectivity index (χ1) is 11.1. The molecule has 1 aliphatic carbocycles. The number of carbonyl (C=O) groups excluding carboxylic acids is 1. The van der Waals surface area contributed by atoms with Crippen molar-refractivity contribution in [3.63, 3.8) is 0 Å². The van der Waals surface area contributed by atoms with Crippen LogP contribution in [0.5, 0.6) is 0 Å². The van der Waals surface area contributed by atoms with Crippen LogP contribution in [-0.2, 0) is 4.79 Å². The zero-order valence-corrected chi connectivity index (χ0v) is 14.1. The Morgan fingerprint density at radius 2 is 1.78 bits per heavy atom. The van der Waals surface area contributed by atoms with Crippen molar-refractivity contribution in [3.8, 4) is 0 Å². The van der Waals surface area contributed by atoms with Crippen LogP contribution in [0.1, 0.15) is 39.0 Å². The van der Waals surface area contributed by atoms with E-state index in [4.69, 9.17) is 0 Å². The fourth-order valence-electron chi connectivity index (χ4n) is 3.36. The molecule has 1 fully saturated rings. The Bertz CT molecular complexity index is 676. The van der Waals surface area contributed by atoms with Crippen LogP contribution in [0.4, 0.5) is 5.69 Å². The van der Waals surface area contributed by atoms with Gasteiger partial charge >= 0.3 is 0 Å². The van der Waals surface area contributed by atoms with Gasteiger partial charge in [-0.1, -0.05) is 49.6 Å². The van der Waals surface area contributed by atoms with E-state index in [0.717, 1.165) is 18.5 Å². The lowest BCUT2D eigenvalue weighted by Crippen LogP contribution is -2.47. The highest BCUT2D eigenvalue weighted by atomic mass is 16.2. The lowest BCUT2D eigenvalue weighted by Gasteiger charge is -2.29. The van der Waals surface area contributed by atoms with Crippen molar-refractivity contribution in [2.75, 3.05) is 11.9 Å². The van der Waals surface area contributed by atoms with Crippen molar-refractivity contribution >= 4 is 22.4 Å². The number of hydrogen-bond donors (Lipinski definition) is 1. The van der Waals surface area contributed by atoms with Crippen molar-refractivity contribution in [2.24, 2.45) is 0 Å². The Labute approximate surface area is 138 Å². The number of nitrogens with zero attached hydrogens (tertiary/aromatic N) is 1. The number of nitrogens with one attached hydrogen (secondary N) is 1. The molecule has 1 N–H and O–H groups in total. The fourth-order valence-corrected chi connectivity index (χ4v) is 3.36. The molecule has 2 aromatic carbocycles. The Morgan fingerprint density at radius 1 is 1.09 bits per heavy atom. The quantitative estimate of drug-likeness (QED) is 0.921. The first-order valence-corrected chi connectivity index (χ1v) is 8.67. The van der Waals surface area contributed by atoms with Gasteiger partial charge in [-0.2, -0.15) is 0 Å². The molecule has 1 aliphatic rings. The van der Waals surface area contributed by atoms with Gasteiger partial charge in [0.25, 0.3) is 0 Å². The third-order valence-corrected chi connectivity index (χ3v) is 5.05. The van der Waals surface area contributed by atoms with Gasteiger partial charge in [-0.05, 0) is 42.7 Å². The fraction of sp³-hybridized carbons (Fsp3) is 0.450. The number of amides is 1. The van der Waals surface area contributed by atoms with Gasteiger partial charge in [-0.25, -0.2) is 0 Å². The maximum atomic E-state index is 12.5. The smallest absolute Gasteiger partial charge is 0.242 e. The van der Waals surface area contributed by atoms with Gasteiger partial charge in [0, 0.05) is 18.8 Å². The lowest BCUT2D eigenvalue weighted by molar-refractivity contribution is -0.122. The van der Waals surface area contributed by atoms with E-state index >= 15 is 0 Å². The van der Waals surface area contributed by atoms with Crippen LogP contribution in [0.2, 0.25) is 0 Å². The SMILES string of the molecule is C[C@H](C(=O)NC1CCCCC1)N(C)c1ccc2ccccc2c1. The first kappa shape index (κ1) is 15.9. The molecule has 122 valence electrons. The minimum absolute atomic E-state index is 0.132. The summed E-state index contributed by atoms with van der Waals surface area (Å²) in [4.78, 5) is 14.6. The Kier molecular flexibility index (Phi) is 4.85. The van der Waals surface area contributed by atoms with Gasteiger partial charge in [0.1, 0.15) is 6.04 Å². The summed E-state index contributed by atoms with van der Waals surface area (Å²) in [7, 11) is 2.00. The van der Waals surface area contributed by atoms with E-state index in [2.05, 4.69) is 40.5 Å². The molecule has 0 heterocycles. The predicted octanol–water partition coefficient (Wildman–Crippen LogP) is 4.11. The molecule has 0 aliphatic heterocycles. The molecule has 0 unspecified atom stereocenters. The molecule has 0 saturated heterocycles. The van der Waals surface area contributed by atoms with Crippen LogP contribution in [0.25, 0.3) is 10.8 Å². The van der Waals surface area contributed by atoms with Gasteiger partial charge in [0.05, 0.1) is 0 Å². The Morgan fingerprint density at radius 3 is 2.52 bits per heavy atom. The molecule has 1 saturated carbocycles. The molecule has 1 amide bonds. The van der Waals surface area contributed by atoms with Crippen molar-refractivity contribution in [2.45, 2.75) is 51.1 Å². The molecule has 0 radical (unpaired) electrons. The molecule has 0 bridgehead atoms. The first-order valence-electron chi connectivity index (χ1n) is 8.67. The third-order valence-electron chi connectivity index (χ3n) is 5.05. The van der Waals surface area contributed by atoms with Crippen LogP contribution in [-0.4, -0.2) is 25.0 Å². The van der Waals surface area contributed by atoms with Crippen molar-refractivity contribution in [1.29, 1.82) is 0 Å². The van der Waals surface area contributed by atoms with Crippen molar-refractivity contribution in [1.82, 2.24) is 5.32 Å². The van der Waals surface area contributed by atoms with E-state index in [1.807, 2.05) is 26.1 Å². The molecular formula is C20H26N2O. The zero-order chi connectivity index (χ0) is 16.2. The summed E-state index contributed by atoms with van der Waals surface area (Å²) in [5.41, 5.74) is 1.08. The highest BCUT2D eigenvalue weighted by Crippen LogP contribution is 2.23. The molecule has 0 spiro atoms. The molecular weight excluding hydrogens is 284 g/mol. The van der Waals surface area contributed by atoms with E-state index in [9.17, 15) is 4.79 Å². The number of anilines is 1. The second-order valence-corrected chi connectivity index (χ2v) is 6.66. The average Bonchev–Trinajstić information content (AvgIpc) is 2.61. The van der Waals surface area contributed by atoms with Crippen LogP contribution >= 0.6 is 0 Å². The van der Waals surface area contributed by atoms with Gasteiger partial charge in [-0.15, -0.1) is 0 Å². The monoisotopic (exact) mass is 310 g/mol. The number of fused-ring (bicyclic) bond motifs is 1. The van der Waals surface area contributed by atoms with Crippen LogP contribution < -0.4 is 10.2 Å². The van der Waals surface area contributed by atoms with Crippen LogP contribution in [0.15, 0.2) is 42.5 Å². The number of rotatable bonds is 4. The van der Waals surface area contributed by atoms with E-state index in [1.54, 1.807) is 0 Å². The molecule has 0 aromatic heterocycles. The molecule has 1 atom stereocenters. The maximum Gasteiger partial charge on any atom is 0.242 e. The van der Waals surface area contributed by atoms with Gasteiger partial charge in [-0.3, -0.25) is 4.79 Å². The molecule has 2 aromatic rings. The highest BCUT2D eigenvalue weighted by molar-refractivity contribution is 5.88. The number of benzene rings is 2. The van der Waals surface area contributed by atoms with Crippen molar-refractivity contribution < 1.29 is 4.79 Å². The summed E-state index contributed by atoms with van der Waals surface area (Å²) in [6, 6.07) is 14.9. The summed E-state index contributed by atoms with van der Waals surface area (Å²) in [6.07, 6.45) is 6.02. The molecule has 3 rings (SSSR count). The highest BCUT2D eigenvalue weighted by Gasteiger charge is 2.22. The number of likely N-dealkylation sites (N-methyl/N-ethyl adjacent to an activating group) is 1. The minimum Gasteiger partial charge on any atom is -0.363 e. The summed E-state index contributed by atoms with van der Waals surface area (Å²) in [6.45, 7) is 1.98. The maximum absolute atomic E-state index is 12.5. The zero-order valence-electron chi connectivity index (χ0n) is 14.1. The predicted molar refractivity (Wildman–Crippen MR) is 96.8 cm³/mol. The van der Waals surface area contributed by atoms with E-state index < -0.39 is 0 Å². The Balaban J connectivity index is 1.69. The van der Waals surface area contributed by atoms with Gasteiger partial charge < -0.3 is 10.2 Å². The average molecular weight is 310 g/mol. The Hall–Kier alpha value is -2.03. The van der Waals surface area contributed by atoms with E-state index in [0.29, 0.717) is 6.04 Å². The standard InChI is InChI=1S/C20H26N2O/c1-15(20(23)21-18-10-4-3-5-11-18)22(2)19-13-12-16-8-6-7-9-17(16)14-19/h6-9,12-15,18H,3-5,10-11H2,1-2H3,(H,21,23)/t15-/m1/s1. The molecule has 3 heteroatoms. The normalized spacial score (nSPS) is 17.0. The second-order valence-electron chi connectivity index (χ2n) is 6.66. The number of hydrogen-bond acceptors (Lipinski definition) is 2. The van der Waals surface area contributed by atoms with Crippen LogP contribution in [0, 0.1) is 0 Å². The van der Waals surface area contributed by atoms with Crippen molar-refractivity contribution in [3.05, 3.63) is 42.5 Å². The summed E-state index contributed by atoms with van der Waals surface area (Å²) < 4.78 is 0. The summed E-state index contributed by atoms with van der Waals surface area (Å²) >= 11 is 0. The van der Waals surface area contributed by atoms with Gasteiger partial charge in [0.2, 0.25) is 5.91 Å².